The van der Waals surface area contributed by atoms with Crippen LogP contribution in [0.25, 0.3) is 0 Å². The average Bonchev–Trinajstić information content (AvgIpc) is 2.06. The van der Waals surface area contributed by atoms with E-state index in [0.29, 0.717) is 4.99 Å². The van der Waals surface area contributed by atoms with Crippen molar-refractivity contribution >= 4 is 23.1 Å². The molecular formula is C12H20N2OS. The number of nitrogens with two attached hydrogens (primary N) is 1. The van der Waals surface area contributed by atoms with E-state index in [-0.39, 0.29) is 5.91 Å². The highest BCUT2D eigenvalue weighted by atomic mass is 32.1. The molecule has 0 heterocycles. The molecule has 0 radical (unpaired) electrons. The van der Waals surface area contributed by atoms with E-state index in [2.05, 4.69) is 5.32 Å². The van der Waals surface area contributed by atoms with Gasteiger partial charge in [0, 0.05) is 6.54 Å². The molecule has 1 amide bonds. The minimum Gasteiger partial charge on any atom is -0.392 e. The topological polar surface area (TPSA) is 55.1 Å². The first-order valence-electron chi connectivity index (χ1n) is 6.23. The van der Waals surface area contributed by atoms with Gasteiger partial charge < -0.3 is 11.1 Å². The Bertz CT molecular complexity index is 295. The van der Waals surface area contributed by atoms with Gasteiger partial charge in [0.25, 0.3) is 0 Å². The number of amides is 1. The second kappa shape index (κ2) is 4.70. The van der Waals surface area contributed by atoms with Crippen LogP contribution in [-0.2, 0) is 4.79 Å². The summed E-state index contributed by atoms with van der Waals surface area (Å²) >= 11 is 5.01. The summed E-state index contributed by atoms with van der Waals surface area (Å²) < 4.78 is 0. The fourth-order valence-corrected chi connectivity index (χ4v) is 2.75. The van der Waals surface area contributed by atoms with Gasteiger partial charge in [0.15, 0.2) is 0 Å². The van der Waals surface area contributed by atoms with E-state index >= 15 is 0 Å². The van der Waals surface area contributed by atoms with Crippen LogP contribution in [0.4, 0.5) is 0 Å². The van der Waals surface area contributed by atoms with Crippen molar-refractivity contribution in [3.05, 3.63) is 0 Å². The fourth-order valence-electron chi connectivity index (χ4n) is 2.46. The van der Waals surface area contributed by atoms with Crippen LogP contribution in [0.1, 0.15) is 44.9 Å². The van der Waals surface area contributed by atoms with Gasteiger partial charge in [-0.25, -0.2) is 0 Å². The minimum atomic E-state index is -0.505. The van der Waals surface area contributed by atoms with Crippen LogP contribution in [-0.4, -0.2) is 17.4 Å². The minimum absolute atomic E-state index is 0.0607. The molecular weight excluding hydrogens is 220 g/mol. The lowest BCUT2D eigenvalue weighted by molar-refractivity contribution is -0.130. The largest absolute Gasteiger partial charge is 0.392 e. The predicted octanol–water partition coefficient (Wildman–Crippen LogP) is 1.75. The molecule has 0 atom stereocenters. The lowest BCUT2D eigenvalue weighted by Crippen LogP contribution is -2.53. The first kappa shape index (κ1) is 11.8. The Morgan fingerprint density at radius 1 is 1.38 bits per heavy atom. The van der Waals surface area contributed by atoms with Crippen LogP contribution in [0.5, 0.6) is 0 Å². The Labute approximate surface area is 102 Å². The smallest absolute Gasteiger partial charge is 0.233 e. The molecule has 4 heteroatoms. The van der Waals surface area contributed by atoms with Crippen LogP contribution < -0.4 is 11.1 Å². The van der Waals surface area contributed by atoms with Crippen molar-refractivity contribution < 1.29 is 4.79 Å². The SMILES string of the molecule is NC(=S)C1(C(=O)NCCC2CCC2)CCC1. The van der Waals surface area contributed by atoms with E-state index < -0.39 is 5.41 Å². The standard InChI is InChI=1S/C12H20N2OS/c13-10(16)12(6-2-7-12)11(15)14-8-5-9-3-1-4-9/h9H,1-8H2,(H2,13,16)(H,14,15). The third-order valence-corrected chi connectivity index (χ3v) is 4.57. The van der Waals surface area contributed by atoms with Crippen LogP contribution in [0, 0.1) is 11.3 Å². The van der Waals surface area contributed by atoms with Crippen molar-refractivity contribution in [2.75, 3.05) is 6.54 Å². The molecule has 0 unspecified atom stereocenters. The Morgan fingerprint density at radius 3 is 2.44 bits per heavy atom. The summed E-state index contributed by atoms with van der Waals surface area (Å²) in [5.74, 6) is 0.896. The summed E-state index contributed by atoms with van der Waals surface area (Å²) in [5.41, 5.74) is 5.17. The van der Waals surface area contributed by atoms with E-state index in [0.717, 1.165) is 38.1 Å². The third kappa shape index (κ3) is 2.08. The molecule has 0 aliphatic heterocycles. The zero-order chi connectivity index (χ0) is 11.6. The highest BCUT2D eigenvalue weighted by Crippen LogP contribution is 2.41. The summed E-state index contributed by atoms with van der Waals surface area (Å²) in [4.78, 5) is 12.4. The maximum Gasteiger partial charge on any atom is 0.233 e. The molecule has 3 N–H and O–H groups in total. The highest BCUT2D eigenvalue weighted by Gasteiger charge is 2.46. The average molecular weight is 240 g/mol. The van der Waals surface area contributed by atoms with Crippen molar-refractivity contribution in [1.82, 2.24) is 5.32 Å². The summed E-state index contributed by atoms with van der Waals surface area (Å²) in [7, 11) is 0. The Hall–Kier alpha value is -0.640. The van der Waals surface area contributed by atoms with Gasteiger partial charge in [0.1, 0.15) is 0 Å². The number of carbonyl (C=O) groups is 1. The zero-order valence-electron chi connectivity index (χ0n) is 9.63. The van der Waals surface area contributed by atoms with E-state index in [4.69, 9.17) is 18.0 Å². The molecule has 2 rings (SSSR count). The zero-order valence-corrected chi connectivity index (χ0v) is 10.4. The predicted molar refractivity (Wildman–Crippen MR) is 68.0 cm³/mol. The fraction of sp³-hybridized carbons (Fsp3) is 0.833. The van der Waals surface area contributed by atoms with Crippen molar-refractivity contribution in [1.29, 1.82) is 0 Å². The van der Waals surface area contributed by atoms with Crippen molar-refractivity contribution in [2.24, 2.45) is 17.1 Å². The third-order valence-electron chi connectivity index (χ3n) is 4.18. The lowest BCUT2D eigenvalue weighted by Gasteiger charge is -2.39. The van der Waals surface area contributed by atoms with Gasteiger partial charge in [0.2, 0.25) is 5.91 Å². The van der Waals surface area contributed by atoms with Crippen LogP contribution in [0.3, 0.4) is 0 Å². The molecule has 2 aliphatic carbocycles. The van der Waals surface area contributed by atoms with Crippen LogP contribution >= 0.6 is 12.2 Å². The molecule has 0 aromatic rings. The summed E-state index contributed by atoms with van der Waals surface area (Å²) in [6.45, 7) is 0.786. The van der Waals surface area contributed by atoms with Crippen LogP contribution in [0.15, 0.2) is 0 Å². The number of rotatable bonds is 5. The normalized spacial score (nSPS) is 23.0. The number of carbonyl (C=O) groups excluding carboxylic acids is 1. The van der Waals surface area contributed by atoms with Crippen molar-refractivity contribution in [3.8, 4) is 0 Å². The molecule has 0 aromatic heterocycles. The Morgan fingerprint density at radius 2 is 2.06 bits per heavy atom. The first-order chi connectivity index (χ1) is 7.65. The van der Waals surface area contributed by atoms with Crippen molar-refractivity contribution in [2.45, 2.75) is 44.9 Å². The lowest BCUT2D eigenvalue weighted by atomic mass is 9.68. The van der Waals surface area contributed by atoms with Gasteiger partial charge in [-0.1, -0.05) is 37.9 Å². The van der Waals surface area contributed by atoms with Gasteiger partial charge in [-0.3, -0.25) is 4.79 Å². The molecule has 2 aliphatic rings. The highest BCUT2D eigenvalue weighted by molar-refractivity contribution is 7.80. The summed E-state index contributed by atoms with van der Waals surface area (Å²) in [6.07, 6.45) is 7.85. The molecule has 0 aromatic carbocycles. The summed E-state index contributed by atoms with van der Waals surface area (Å²) in [6, 6.07) is 0. The number of hydrogen-bond acceptors (Lipinski definition) is 2. The first-order valence-corrected chi connectivity index (χ1v) is 6.64. The van der Waals surface area contributed by atoms with Gasteiger partial charge in [0.05, 0.1) is 10.4 Å². The number of nitrogens with one attached hydrogen (secondary N) is 1. The number of thiocarbonyl (C=S) groups is 1. The molecule has 0 saturated heterocycles. The molecule has 2 fully saturated rings. The van der Waals surface area contributed by atoms with Crippen LogP contribution in [0.2, 0.25) is 0 Å². The van der Waals surface area contributed by atoms with Gasteiger partial charge in [-0.15, -0.1) is 0 Å². The molecule has 0 bridgehead atoms. The second-order valence-corrected chi connectivity index (χ2v) is 5.58. The molecule has 3 nitrogen and oxygen atoms in total. The molecule has 16 heavy (non-hydrogen) atoms. The van der Waals surface area contributed by atoms with Gasteiger partial charge in [-0.2, -0.15) is 0 Å². The van der Waals surface area contributed by atoms with E-state index in [1.807, 2.05) is 0 Å². The van der Waals surface area contributed by atoms with E-state index in [1.54, 1.807) is 0 Å². The van der Waals surface area contributed by atoms with Gasteiger partial charge in [-0.05, 0) is 25.2 Å². The maximum atomic E-state index is 12.0. The number of hydrogen-bond donors (Lipinski definition) is 2. The quantitative estimate of drug-likeness (QED) is 0.720. The second-order valence-electron chi connectivity index (χ2n) is 5.14. The molecule has 2 saturated carbocycles. The van der Waals surface area contributed by atoms with Crippen molar-refractivity contribution in [3.63, 3.8) is 0 Å². The monoisotopic (exact) mass is 240 g/mol. The van der Waals surface area contributed by atoms with E-state index in [1.165, 1.54) is 19.3 Å². The Balaban J connectivity index is 1.75. The Kier molecular flexibility index (Phi) is 3.47. The van der Waals surface area contributed by atoms with Gasteiger partial charge >= 0.3 is 0 Å². The summed E-state index contributed by atoms with van der Waals surface area (Å²) in [5, 5.41) is 3.00. The van der Waals surface area contributed by atoms with E-state index in [9.17, 15) is 4.79 Å². The molecule has 90 valence electrons. The maximum absolute atomic E-state index is 12.0. The molecule has 0 spiro atoms.